The molecule has 1 spiro atoms. The number of para-hydroxylation sites is 1. The van der Waals surface area contributed by atoms with E-state index in [4.69, 9.17) is 4.74 Å². The Balaban J connectivity index is 1.67. The molecule has 0 aliphatic carbocycles. The largest absolute Gasteiger partial charge is 0.394 e. The lowest BCUT2D eigenvalue weighted by Gasteiger charge is -2.46. The van der Waals surface area contributed by atoms with Gasteiger partial charge in [-0.1, -0.05) is 81.5 Å². The Morgan fingerprint density at radius 3 is 2.13 bits per heavy atom. The van der Waals surface area contributed by atoms with Gasteiger partial charge in [-0.15, -0.1) is 13.2 Å². The van der Waals surface area contributed by atoms with Gasteiger partial charge in [0.1, 0.15) is 11.6 Å². The van der Waals surface area contributed by atoms with Gasteiger partial charge in [-0.2, -0.15) is 0 Å². The van der Waals surface area contributed by atoms with E-state index in [0.717, 1.165) is 0 Å². The zero-order valence-electron chi connectivity index (χ0n) is 28.8. The van der Waals surface area contributed by atoms with Crippen LogP contribution in [-0.2, 0) is 19.1 Å². The molecule has 8 heteroatoms. The third-order valence-electron chi connectivity index (χ3n) is 10.3. The Morgan fingerprint density at radius 1 is 0.979 bits per heavy atom. The number of hydrogen-bond donors (Lipinski definition) is 1. The standard InChI is InChI=1S/C39H51N3O5/c1-9-23-40(28-19-15-12-16-20-28)33(44)30-31-34(45)42(29(25-43)27-17-13-11-14-18-27)32(39(31)22-21-38(30,8)47-39)35(46)41(24-10-2)37(6,7)26-36(3,4)5/h9-20,29-32,43H,1-2,21-26H2,3-8H3/t29-,30+,31+,32?,38-,39?/m1/s1. The molecule has 3 fully saturated rings. The first-order valence-electron chi connectivity index (χ1n) is 16.7. The Kier molecular flexibility index (Phi) is 9.34. The maximum Gasteiger partial charge on any atom is 0.249 e. The fourth-order valence-corrected chi connectivity index (χ4v) is 8.92. The number of anilines is 1. The van der Waals surface area contributed by atoms with E-state index >= 15 is 9.59 Å². The van der Waals surface area contributed by atoms with E-state index in [9.17, 15) is 9.90 Å². The van der Waals surface area contributed by atoms with Gasteiger partial charge >= 0.3 is 0 Å². The lowest BCUT2D eigenvalue weighted by Crippen LogP contribution is -2.61. The summed E-state index contributed by atoms with van der Waals surface area (Å²) in [6.45, 7) is 20.4. The van der Waals surface area contributed by atoms with E-state index in [1.807, 2.05) is 86.3 Å². The second-order valence-electron chi connectivity index (χ2n) is 15.4. The molecule has 6 atom stereocenters. The minimum Gasteiger partial charge on any atom is -0.394 e. The Labute approximate surface area is 280 Å². The molecule has 0 radical (unpaired) electrons. The van der Waals surface area contributed by atoms with E-state index in [1.54, 1.807) is 22.0 Å². The normalized spacial score (nSPS) is 27.3. The molecule has 2 aromatic carbocycles. The van der Waals surface area contributed by atoms with Gasteiger partial charge in [0.05, 0.1) is 30.1 Å². The first-order valence-corrected chi connectivity index (χ1v) is 16.7. The third-order valence-corrected chi connectivity index (χ3v) is 10.3. The van der Waals surface area contributed by atoms with Crippen molar-refractivity contribution in [3.05, 3.63) is 91.5 Å². The van der Waals surface area contributed by atoms with E-state index in [0.29, 0.717) is 30.5 Å². The van der Waals surface area contributed by atoms with Crippen LogP contribution >= 0.6 is 0 Å². The van der Waals surface area contributed by atoms with E-state index in [-0.39, 0.29) is 36.2 Å². The number of rotatable bonds is 12. The van der Waals surface area contributed by atoms with Crippen molar-refractivity contribution in [2.75, 3.05) is 24.6 Å². The summed E-state index contributed by atoms with van der Waals surface area (Å²) in [7, 11) is 0. The Morgan fingerprint density at radius 2 is 1.57 bits per heavy atom. The van der Waals surface area contributed by atoms with Crippen LogP contribution in [0.3, 0.4) is 0 Å². The number of nitrogens with zero attached hydrogens (tertiary/aromatic N) is 3. The molecule has 5 rings (SSSR count). The average Bonchev–Trinajstić information content (AvgIpc) is 3.59. The number of carbonyl (C=O) groups is 3. The SMILES string of the molecule is C=CCN(C(=O)[C@@H]1[C@H]2C(=O)N([C@H](CO)c3ccccc3)C(C(=O)N(CC=C)C(C)(C)CC(C)(C)C)C23CC[C@@]1(C)O3)c1ccccc1. The van der Waals surface area contributed by atoms with Crippen LogP contribution in [0.15, 0.2) is 86.0 Å². The fraction of sp³-hybridized carbons (Fsp3) is 0.513. The molecule has 47 heavy (non-hydrogen) atoms. The first kappa shape index (κ1) is 34.6. The number of hydrogen-bond acceptors (Lipinski definition) is 5. The summed E-state index contributed by atoms with van der Waals surface area (Å²) in [5, 5.41) is 10.9. The number of aliphatic hydroxyl groups excluding tert-OH is 1. The number of likely N-dealkylation sites (tertiary alicyclic amines) is 1. The number of fused-ring (bicyclic) bond motifs is 1. The Bertz CT molecular complexity index is 1500. The minimum atomic E-state index is -1.25. The van der Waals surface area contributed by atoms with E-state index in [1.165, 1.54) is 0 Å². The van der Waals surface area contributed by atoms with E-state index < -0.39 is 47.3 Å². The van der Waals surface area contributed by atoms with Crippen molar-refractivity contribution >= 4 is 23.4 Å². The molecule has 3 saturated heterocycles. The topological polar surface area (TPSA) is 90.4 Å². The number of aliphatic hydroxyl groups is 1. The summed E-state index contributed by atoms with van der Waals surface area (Å²) < 4.78 is 6.99. The van der Waals surface area contributed by atoms with Crippen molar-refractivity contribution in [2.24, 2.45) is 17.3 Å². The number of ether oxygens (including phenoxy) is 1. The monoisotopic (exact) mass is 641 g/mol. The molecule has 2 bridgehead atoms. The van der Waals surface area contributed by atoms with Gasteiger partial charge in [-0.25, -0.2) is 0 Å². The molecule has 3 aliphatic heterocycles. The van der Waals surface area contributed by atoms with Crippen LogP contribution in [0.5, 0.6) is 0 Å². The van der Waals surface area contributed by atoms with Crippen LogP contribution in [-0.4, -0.2) is 75.1 Å². The highest BCUT2D eigenvalue weighted by molar-refractivity contribution is 6.03. The predicted octanol–water partition coefficient (Wildman–Crippen LogP) is 5.93. The van der Waals surface area contributed by atoms with Gasteiger partial charge in [-0.05, 0) is 63.1 Å². The van der Waals surface area contributed by atoms with Crippen LogP contribution in [0.4, 0.5) is 5.69 Å². The summed E-state index contributed by atoms with van der Waals surface area (Å²) in [4.78, 5) is 50.1. The smallest absolute Gasteiger partial charge is 0.249 e. The van der Waals surface area contributed by atoms with Crippen molar-refractivity contribution in [2.45, 2.75) is 89.6 Å². The van der Waals surface area contributed by atoms with Gasteiger partial charge in [0.25, 0.3) is 0 Å². The van der Waals surface area contributed by atoms with Crippen LogP contribution in [0, 0.1) is 17.3 Å². The highest BCUT2D eigenvalue weighted by atomic mass is 16.5. The van der Waals surface area contributed by atoms with Crippen molar-refractivity contribution < 1.29 is 24.2 Å². The van der Waals surface area contributed by atoms with Crippen LogP contribution in [0.25, 0.3) is 0 Å². The van der Waals surface area contributed by atoms with Crippen molar-refractivity contribution in [3.63, 3.8) is 0 Å². The van der Waals surface area contributed by atoms with Crippen LogP contribution in [0.1, 0.15) is 72.4 Å². The summed E-state index contributed by atoms with van der Waals surface area (Å²) in [5.41, 5.74) is -1.49. The van der Waals surface area contributed by atoms with Gasteiger partial charge in [0.15, 0.2) is 0 Å². The van der Waals surface area contributed by atoms with Crippen molar-refractivity contribution in [1.29, 1.82) is 0 Å². The van der Waals surface area contributed by atoms with Gasteiger partial charge in [0, 0.05) is 24.3 Å². The van der Waals surface area contributed by atoms with Crippen LogP contribution in [0.2, 0.25) is 0 Å². The lowest BCUT2D eigenvalue weighted by molar-refractivity contribution is -0.159. The maximum atomic E-state index is 15.3. The molecule has 3 heterocycles. The highest BCUT2D eigenvalue weighted by Crippen LogP contribution is 2.64. The molecular formula is C39H51N3O5. The number of benzene rings is 2. The summed E-state index contributed by atoms with van der Waals surface area (Å²) >= 11 is 0. The summed E-state index contributed by atoms with van der Waals surface area (Å²) in [5.74, 6) is -2.58. The molecule has 3 amide bonds. The maximum absolute atomic E-state index is 15.3. The zero-order chi connectivity index (χ0) is 34.4. The molecule has 3 aliphatic rings. The van der Waals surface area contributed by atoms with E-state index in [2.05, 4.69) is 33.9 Å². The average molecular weight is 642 g/mol. The molecule has 2 unspecified atom stereocenters. The molecular weight excluding hydrogens is 590 g/mol. The number of carbonyl (C=O) groups excluding carboxylic acids is 3. The first-order chi connectivity index (χ1) is 22.2. The highest BCUT2D eigenvalue weighted by Gasteiger charge is 2.79. The lowest BCUT2D eigenvalue weighted by atomic mass is 9.65. The fourth-order valence-electron chi connectivity index (χ4n) is 8.92. The van der Waals surface area contributed by atoms with Crippen molar-refractivity contribution in [3.8, 4) is 0 Å². The molecule has 0 saturated carbocycles. The third kappa shape index (κ3) is 5.95. The Hall–Kier alpha value is -3.75. The molecule has 252 valence electrons. The van der Waals surface area contributed by atoms with Gasteiger partial charge < -0.3 is 24.5 Å². The zero-order valence-corrected chi connectivity index (χ0v) is 28.8. The second kappa shape index (κ2) is 12.7. The molecule has 1 N–H and O–H groups in total. The molecule has 2 aromatic rings. The van der Waals surface area contributed by atoms with Crippen LogP contribution < -0.4 is 4.90 Å². The van der Waals surface area contributed by atoms with Gasteiger partial charge in [0.2, 0.25) is 17.7 Å². The number of amides is 3. The minimum absolute atomic E-state index is 0.0910. The second-order valence-corrected chi connectivity index (χ2v) is 15.4. The molecule has 0 aromatic heterocycles. The predicted molar refractivity (Wildman–Crippen MR) is 184 cm³/mol. The summed E-state index contributed by atoms with van der Waals surface area (Å²) in [6, 6.07) is 16.8. The van der Waals surface area contributed by atoms with Gasteiger partial charge in [-0.3, -0.25) is 14.4 Å². The van der Waals surface area contributed by atoms with Crippen molar-refractivity contribution in [1.82, 2.24) is 9.80 Å². The molecule has 8 nitrogen and oxygen atoms in total. The summed E-state index contributed by atoms with van der Waals surface area (Å²) in [6.07, 6.45) is 5.05. The quantitative estimate of drug-likeness (QED) is 0.290.